The molecule has 4 rings (SSSR count). The Morgan fingerprint density at radius 1 is 1.09 bits per heavy atom. The fraction of sp³-hybridized carbons (Fsp3) is 0.0400. The van der Waals surface area contributed by atoms with Crippen LogP contribution < -0.4 is 10.2 Å². The van der Waals surface area contributed by atoms with Crippen LogP contribution in [-0.4, -0.2) is 17.2 Å². The number of fused-ring (bicyclic) bond motifs is 1. The SMILES string of the molecule is O=C(NN=Cc1cc(Cl)c(OCc2ccc(I)cc2)c(Br)c1)c1cc2ccccc2cc1O. The lowest BCUT2D eigenvalue weighted by molar-refractivity contribution is 0.0952. The highest BCUT2D eigenvalue weighted by Crippen LogP contribution is 2.34. The average Bonchev–Trinajstić information content (AvgIpc) is 2.79. The molecule has 4 aromatic carbocycles. The van der Waals surface area contributed by atoms with E-state index in [1.807, 2.05) is 48.5 Å². The van der Waals surface area contributed by atoms with Crippen molar-refractivity contribution in [2.45, 2.75) is 6.61 Å². The van der Waals surface area contributed by atoms with Crippen LogP contribution in [0, 0.1) is 3.57 Å². The minimum atomic E-state index is -0.517. The number of rotatable bonds is 6. The number of nitrogens with one attached hydrogen (secondary N) is 1. The summed E-state index contributed by atoms with van der Waals surface area (Å²) in [6.07, 6.45) is 1.47. The van der Waals surface area contributed by atoms with E-state index < -0.39 is 5.91 Å². The van der Waals surface area contributed by atoms with E-state index in [0.29, 0.717) is 27.4 Å². The average molecular weight is 636 g/mol. The van der Waals surface area contributed by atoms with Gasteiger partial charge in [0.15, 0.2) is 5.75 Å². The van der Waals surface area contributed by atoms with Gasteiger partial charge in [0.1, 0.15) is 12.4 Å². The lowest BCUT2D eigenvalue weighted by Crippen LogP contribution is -2.17. The van der Waals surface area contributed by atoms with E-state index in [1.165, 1.54) is 6.21 Å². The fourth-order valence-electron chi connectivity index (χ4n) is 3.16. The molecule has 0 radical (unpaired) electrons. The highest BCUT2D eigenvalue weighted by molar-refractivity contribution is 14.1. The minimum absolute atomic E-state index is 0.109. The number of aromatic hydroxyl groups is 1. The second-order valence-corrected chi connectivity index (χ2v) is 9.65. The molecule has 0 fully saturated rings. The van der Waals surface area contributed by atoms with Gasteiger partial charge in [-0.2, -0.15) is 5.10 Å². The van der Waals surface area contributed by atoms with Crippen molar-refractivity contribution in [2.75, 3.05) is 0 Å². The maximum atomic E-state index is 12.5. The first-order valence-corrected chi connectivity index (χ1v) is 12.1. The molecule has 0 aliphatic rings. The van der Waals surface area contributed by atoms with Crippen molar-refractivity contribution in [3.63, 3.8) is 0 Å². The molecule has 0 aliphatic heterocycles. The van der Waals surface area contributed by atoms with Gasteiger partial charge in [0.25, 0.3) is 5.91 Å². The smallest absolute Gasteiger partial charge is 0.275 e. The summed E-state index contributed by atoms with van der Waals surface area (Å²) in [4.78, 5) is 12.5. The molecule has 4 aromatic rings. The molecule has 0 atom stereocenters. The third kappa shape index (κ3) is 5.85. The van der Waals surface area contributed by atoms with Gasteiger partial charge in [0.05, 0.1) is 21.3 Å². The lowest BCUT2D eigenvalue weighted by Gasteiger charge is -2.11. The number of nitrogens with zero attached hydrogens (tertiary/aromatic N) is 1. The normalized spacial score (nSPS) is 11.1. The zero-order valence-corrected chi connectivity index (χ0v) is 21.6. The van der Waals surface area contributed by atoms with E-state index in [0.717, 1.165) is 19.9 Å². The Labute approximate surface area is 217 Å². The van der Waals surface area contributed by atoms with Crippen LogP contribution in [0.25, 0.3) is 10.8 Å². The standard InChI is InChI=1S/C25H17BrClIN2O3/c26-21-9-16(10-22(27)24(21)33-14-15-5-7-19(28)8-6-15)13-29-30-25(32)20-11-17-3-1-2-4-18(17)12-23(20)31/h1-13,31H,14H2,(H,30,32). The summed E-state index contributed by atoms with van der Waals surface area (Å²) in [6, 6.07) is 22.2. The summed E-state index contributed by atoms with van der Waals surface area (Å²) in [6.45, 7) is 0.383. The van der Waals surface area contributed by atoms with E-state index in [4.69, 9.17) is 16.3 Å². The minimum Gasteiger partial charge on any atom is -0.507 e. The Morgan fingerprint density at radius 2 is 1.79 bits per heavy atom. The van der Waals surface area contributed by atoms with Gasteiger partial charge in [-0.15, -0.1) is 0 Å². The monoisotopic (exact) mass is 634 g/mol. The van der Waals surface area contributed by atoms with Crippen molar-refractivity contribution in [1.82, 2.24) is 5.43 Å². The highest BCUT2D eigenvalue weighted by atomic mass is 127. The first kappa shape index (κ1) is 23.5. The van der Waals surface area contributed by atoms with Crippen molar-refractivity contribution in [3.8, 4) is 11.5 Å². The number of hydrogen-bond donors (Lipinski definition) is 2. The van der Waals surface area contributed by atoms with Gasteiger partial charge in [-0.25, -0.2) is 5.43 Å². The molecule has 166 valence electrons. The van der Waals surface area contributed by atoms with Crippen molar-refractivity contribution < 1.29 is 14.6 Å². The van der Waals surface area contributed by atoms with Gasteiger partial charge < -0.3 is 9.84 Å². The molecule has 0 aliphatic carbocycles. The van der Waals surface area contributed by atoms with Crippen LogP contribution in [0.3, 0.4) is 0 Å². The van der Waals surface area contributed by atoms with E-state index in [9.17, 15) is 9.90 Å². The molecule has 0 saturated heterocycles. The fourth-order valence-corrected chi connectivity index (χ4v) is 4.51. The molecule has 5 nitrogen and oxygen atoms in total. The molecule has 0 unspecified atom stereocenters. The van der Waals surface area contributed by atoms with Crippen LogP contribution in [0.1, 0.15) is 21.5 Å². The Morgan fingerprint density at radius 3 is 2.48 bits per heavy atom. The summed E-state index contributed by atoms with van der Waals surface area (Å²) in [5.41, 5.74) is 4.28. The molecule has 0 spiro atoms. The third-order valence-corrected chi connectivity index (χ3v) is 6.39. The number of halogens is 3. The molecular weight excluding hydrogens is 619 g/mol. The van der Waals surface area contributed by atoms with Crippen molar-refractivity contribution in [3.05, 3.63) is 103 Å². The van der Waals surface area contributed by atoms with Crippen molar-refractivity contribution >= 4 is 73.0 Å². The number of benzene rings is 4. The van der Waals surface area contributed by atoms with Gasteiger partial charge in [-0.05, 0) is 96.8 Å². The number of phenols is 1. The predicted molar refractivity (Wildman–Crippen MR) is 143 cm³/mol. The molecular formula is C25H17BrClIN2O3. The Hall–Kier alpha value is -2.62. The van der Waals surface area contributed by atoms with E-state index in [-0.39, 0.29) is 11.3 Å². The van der Waals surface area contributed by atoms with Gasteiger partial charge in [0.2, 0.25) is 0 Å². The van der Waals surface area contributed by atoms with Gasteiger partial charge >= 0.3 is 0 Å². The number of ether oxygens (including phenoxy) is 1. The van der Waals surface area contributed by atoms with Crippen molar-refractivity contribution in [1.29, 1.82) is 0 Å². The van der Waals surface area contributed by atoms with Gasteiger partial charge in [-0.3, -0.25) is 4.79 Å². The number of hydrogen-bond acceptors (Lipinski definition) is 4. The second-order valence-electron chi connectivity index (χ2n) is 7.14. The lowest BCUT2D eigenvalue weighted by atomic mass is 10.1. The summed E-state index contributed by atoms with van der Waals surface area (Å²) >= 11 is 12.1. The third-order valence-electron chi connectivity index (χ3n) is 4.81. The van der Waals surface area contributed by atoms with Crippen LogP contribution >= 0.6 is 50.1 Å². The largest absolute Gasteiger partial charge is 0.507 e. The zero-order valence-electron chi connectivity index (χ0n) is 17.1. The topological polar surface area (TPSA) is 70.9 Å². The quantitative estimate of drug-likeness (QED) is 0.138. The molecule has 1 amide bonds. The Balaban J connectivity index is 1.43. The molecule has 0 saturated carbocycles. The number of hydrazone groups is 1. The highest BCUT2D eigenvalue weighted by Gasteiger charge is 2.12. The molecule has 8 heteroatoms. The van der Waals surface area contributed by atoms with Crippen LogP contribution in [0.4, 0.5) is 0 Å². The predicted octanol–water partition coefficient (Wildman–Crippen LogP) is 6.91. The number of carbonyl (C=O) groups excluding carboxylic acids is 1. The summed E-state index contributed by atoms with van der Waals surface area (Å²) < 4.78 is 7.70. The van der Waals surface area contributed by atoms with Gasteiger partial charge in [0, 0.05) is 3.57 Å². The summed E-state index contributed by atoms with van der Waals surface area (Å²) in [5.74, 6) is -0.101. The Kier molecular flexibility index (Phi) is 7.52. The number of amides is 1. The molecule has 0 bridgehead atoms. The zero-order chi connectivity index (χ0) is 23.4. The maximum absolute atomic E-state index is 12.5. The molecule has 2 N–H and O–H groups in total. The maximum Gasteiger partial charge on any atom is 0.275 e. The first-order chi connectivity index (χ1) is 15.9. The van der Waals surface area contributed by atoms with E-state index >= 15 is 0 Å². The second kappa shape index (κ2) is 10.5. The van der Waals surface area contributed by atoms with E-state index in [1.54, 1.807) is 24.3 Å². The Bertz CT molecular complexity index is 1340. The molecule has 33 heavy (non-hydrogen) atoms. The summed E-state index contributed by atoms with van der Waals surface area (Å²) in [7, 11) is 0. The first-order valence-electron chi connectivity index (χ1n) is 9.82. The van der Waals surface area contributed by atoms with Crippen LogP contribution in [0.5, 0.6) is 11.5 Å². The number of phenolic OH excluding ortho intramolecular Hbond substituents is 1. The molecule has 0 heterocycles. The van der Waals surface area contributed by atoms with Gasteiger partial charge in [-0.1, -0.05) is 48.0 Å². The van der Waals surface area contributed by atoms with E-state index in [2.05, 4.69) is 49.0 Å². The van der Waals surface area contributed by atoms with Crippen LogP contribution in [0.15, 0.2) is 82.4 Å². The summed E-state index contributed by atoms with van der Waals surface area (Å²) in [5, 5.41) is 16.3. The molecule has 0 aromatic heterocycles. The number of carbonyl (C=O) groups is 1. The van der Waals surface area contributed by atoms with Crippen LogP contribution in [0.2, 0.25) is 5.02 Å². The van der Waals surface area contributed by atoms with Crippen LogP contribution in [-0.2, 0) is 6.61 Å². The van der Waals surface area contributed by atoms with Crippen molar-refractivity contribution in [2.24, 2.45) is 5.10 Å².